The summed E-state index contributed by atoms with van der Waals surface area (Å²) in [6, 6.07) is 54.4. The van der Waals surface area contributed by atoms with Crippen molar-refractivity contribution < 1.29 is 9.47 Å². The molecule has 274 valence electrons. The van der Waals surface area contributed by atoms with Gasteiger partial charge in [-0.15, -0.1) is 0 Å². The lowest BCUT2D eigenvalue weighted by Gasteiger charge is -2.41. The van der Waals surface area contributed by atoms with Crippen molar-refractivity contribution in [2.75, 3.05) is 0 Å². The molecule has 2 aliphatic rings. The van der Waals surface area contributed by atoms with E-state index < -0.39 is 23.7 Å². The lowest BCUT2D eigenvalue weighted by atomic mass is 9.70. The molecule has 8 rings (SSSR count). The third-order valence-electron chi connectivity index (χ3n) is 10.9. The van der Waals surface area contributed by atoms with Gasteiger partial charge in [-0.1, -0.05) is 175 Å². The Bertz CT molecular complexity index is 1940. The fraction of sp³-hybridized carbons (Fsp3) is 0.292. The molecule has 6 heteroatoms. The van der Waals surface area contributed by atoms with Gasteiger partial charge in [-0.25, -0.2) is 9.97 Å². The number of nitrogens with one attached hydrogen (secondary N) is 2. The molecular weight excluding hydrogens is 665 g/mol. The number of pyridine rings is 2. The highest BCUT2D eigenvalue weighted by molar-refractivity contribution is 5.55. The number of benzene rings is 4. The van der Waals surface area contributed by atoms with Crippen molar-refractivity contribution in [3.05, 3.63) is 191 Å². The first-order valence-corrected chi connectivity index (χ1v) is 19.0. The molecule has 0 bridgehead atoms. The summed E-state index contributed by atoms with van der Waals surface area (Å²) in [5.74, 6) is 0. The Labute approximate surface area is 320 Å². The predicted molar refractivity (Wildman–Crippen MR) is 215 cm³/mol. The maximum Gasteiger partial charge on any atom is 0.153 e. The summed E-state index contributed by atoms with van der Waals surface area (Å²) in [5.41, 5.74) is 5.81. The summed E-state index contributed by atoms with van der Waals surface area (Å²) < 4.78 is 14.5. The zero-order valence-electron chi connectivity index (χ0n) is 32.0. The van der Waals surface area contributed by atoms with Gasteiger partial charge >= 0.3 is 0 Å². The molecule has 4 aromatic carbocycles. The summed E-state index contributed by atoms with van der Waals surface area (Å²) >= 11 is 0. The molecule has 0 aliphatic carbocycles. The minimum absolute atomic E-state index is 0.0532. The number of nitrogens with zero attached hydrogens (tertiary/aromatic N) is 2. The van der Waals surface area contributed by atoms with Crippen LogP contribution in [0.25, 0.3) is 11.4 Å². The zero-order valence-corrected chi connectivity index (χ0v) is 32.0. The van der Waals surface area contributed by atoms with Crippen LogP contribution >= 0.6 is 0 Å². The molecule has 2 fully saturated rings. The van der Waals surface area contributed by atoms with Gasteiger partial charge in [0.15, 0.2) is 12.5 Å². The Morgan fingerprint density at radius 2 is 0.704 bits per heavy atom. The van der Waals surface area contributed by atoms with Gasteiger partial charge in [-0.05, 0) is 57.3 Å². The van der Waals surface area contributed by atoms with Crippen LogP contribution < -0.4 is 10.6 Å². The van der Waals surface area contributed by atoms with Gasteiger partial charge in [0.1, 0.15) is 11.2 Å². The van der Waals surface area contributed by atoms with E-state index in [4.69, 9.17) is 19.4 Å². The monoisotopic (exact) mass is 714 g/mol. The molecule has 54 heavy (non-hydrogen) atoms. The van der Waals surface area contributed by atoms with Crippen LogP contribution in [0.2, 0.25) is 0 Å². The van der Waals surface area contributed by atoms with Crippen LogP contribution in [0.1, 0.15) is 87.6 Å². The van der Waals surface area contributed by atoms with Crippen molar-refractivity contribution in [1.82, 2.24) is 20.6 Å². The maximum absolute atomic E-state index is 7.27. The molecule has 2 N–H and O–H groups in total. The smallest absolute Gasteiger partial charge is 0.153 e. The Morgan fingerprint density at radius 3 is 0.981 bits per heavy atom. The highest BCUT2D eigenvalue weighted by Gasteiger charge is 2.57. The Hall–Kier alpha value is -4.98. The summed E-state index contributed by atoms with van der Waals surface area (Å²) in [6.45, 7) is 13.6. The summed E-state index contributed by atoms with van der Waals surface area (Å²) in [4.78, 5) is 10.5. The number of aromatic nitrogens is 2. The third kappa shape index (κ3) is 6.37. The molecule has 0 radical (unpaired) electrons. The van der Waals surface area contributed by atoms with E-state index in [9.17, 15) is 0 Å². The van der Waals surface area contributed by atoms with Crippen LogP contribution in [0.5, 0.6) is 0 Å². The van der Waals surface area contributed by atoms with Crippen molar-refractivity contribution in [2.24, 2.45) is 10.8 Å². The molecule has 4 heterocycles. The number of rotatable bonds is 7. The summed E-state index contributed by atoms with van der Waals surface area (Å²) in [6.07, 6.45) is -0.912. The maximum atomic E-state index is 7.27. The van der Waals surface area contributed by atoms with Crippen LogP contribution in [0, 0.1) is 10.8 Å². The third-order valence-corrected chi connectivity index (χ3v) is 10.9. The molecule has 0 spiro atoms. The lowest BCUT2D eigenvalue weighted by Crippen LogP contribution is -2.50. The van der Waals surface area contributed by atoms with Crippen LogP contribution in [-0.4, -0.2) is 22.1 Å². The van der Waals surface area contributed by atoms with E-state index in [1.807, 2.05) is 36.4 Å². The molecule has 6 aromatic rings. The highest BCUT2D eigenvalue weighted by atomic mass is 16.5. The fourth-order valence-corrected chi connectivity index (χ4v) is 8.62. The van der Waals surface area contributed by atoms with Gasteiger partial charge in [-0.2, -0.15) is 0 Å². The highest BCUT2D eigenvalue weighted by Crippen LogP contribution is 2.52. The van der Waals surface area contributed by atoms with Gasteiger partial charge in [-0.3, -0.25) is 10.6 Å². The second-order valence-electron chi connectivity index (χ2n) is 16.8. The first-order valence-electron chi connectivity index (χ1n) is 19.0. The van der Waals surface area contributed by atoms with Crippen LogP contribution in [0.4, 0.5) is 0 Å². The van der Waals surface area contributed by atoms with Crippen molar-refractivity contribution in [3.8, 4) is 11.4 Å². The van der Waals surface area contributed by atoms with E-state index in [-0.39, 0.29) is 22.9 Å². The average Bonchev–Trinajstić information content (AvgIpc) is 3.83. The second-order valence-corrected chi connectivity index (χ2v) is 16.8. The van der Waals surface area contributed by atoms with Crippen molar-refractivity contribution in [1.29, 1.82) is 0 Å². The molecular formula is C48H50N4O2. The summed E-state index contributed by atoms with van der Waals surface area (Å²) in [7, 11) is 0. The Kier molecular flexibility index (Phi) is 9.35. The second kappa shape index (κ2) is 14.0. The Balaban J connectivity index is 1.16. The van der Waals surface area contributed by atoms with Gasteiger partial charge < -0.3 is 9.47 Å². The SMILES string of the molecule is CC(C)(C)[C@@H]1NC(c2cccc(-c3cccc(C4N[C@@H](C(C)(C)C)C(c5ccccc5)(c5ccccc5)O4)n3)n2)OC1(c1ccccc1)c1ccccc1. The molecule has 4 atom stereocenters. The first kappa shape index (κ1) is 36.0. The topological polar surface area (TPSA) is 68.3 Å². The molecule has 0 saturated carbocycles. The quantitative estimate of drug-likeness (QED) is 0.172. The normalized spacial score (nSPS) is 22.3. The summed E-state index contributed by atoms with van der Waals surface area (Å²) in [5, 5.41) is 7.79. The minimum Gasteiger partial charge on any atom is -0.340 e. The van der Waals surface area contributed by atoms with E-state index >= 15 is 0 Å². The number of ether oxygens (including phenoxy) is 2. The minimum atomic E-state index is -0.736. The van der Waals surface area contributed by atoms with Crippen LogP contribution in [0.15, 0.2) is 158 Å². The number of hydrogen-bond donors (Lipinski definition) is 2. The zero-order chi connectivity index (χ0) is 37.6. The van der Waals surface area contributed by atoms with Crippen LogP contribution in [0.3, 0.4) is 0 Å². The molecule has 2 unspecified atom stereocenters. The van der Waals surface area contributed by atoms with Crippen molar-refractivity contribution >= 4 is 0 Å². The van der Waals surface area contributed by atoms with Crippen molar-refractivity contribution in [2.45, 2.75) is 77.3 Å². The van der Waals surface area contributed by atoms with Crippen molar-refractivity contribution in [3.63, 3.8) is 0 Å². The Morgan fingerprint density at radius 1 is 0.407 bits per heavy atom. The standard InChI is InChI=1S/C48H50N4O2/c1-45(2,3)43-47(33-21-11-7-12-22-33,34-23-13-8-14-24-34)53-41(51-43)39-31-19-29-37(49-39)38-30-20-32-40(50-38)42-52-44(46(4,5)6)48(54-42,35-25-15-9-16-26-35)36-27-17-10-18-28-36/h7-32,41-44,51-52H,1-6H3/t41?,42?,43-,44-/m0/s1. The molecule has 2 aliphatic heterocycles. The van der Waals surface area contributed by atoms with E-state index in [1.165, 1.54) is 0 Å². The molecule has 2 saturated heterocycles. The van der Waals surface area contributed by atoms with Gasteiger partial charge in [0.2, 0.25) is 0 Å². The first-order chi connectivity index (χ1) is 26.0. The largest absolute Gasteiger partial charge is 0.340 e. The predicted octanol–water partition coefficient (Wildman–Crippen LogP) is 10.1. The van der Waals surface area contributed by atoms with E-state index in [0.29, 0.717) is 0 Å². The van der Waals surface area contributed by atoms with Crippen LogP contribution in [-0.2, 0) is 20.7 Å². The lowest BCUT2D eigenvalue weighted by molar-refractivity contribution is -0.0380. The number of hydrogen-bond acceptors (Lipinski definition) is 6. The van der Waals surface area contributed by atoms with Gasteiger partial charge in [0, 0.05) is 0 Å². The van der Waals surface area contributed by atoms with Gasteiger partial charge in [0.25, 0.3) is 0 Å². The van der Waals surface area contributed by atoms with E-state index in [1.54, 1.807) is 0 Å². The molecule has 2 aromatic heterocycles. The average molecular weight is 715 g/mol. The van der Waals surface area contributed by atoms with E-state index in [2.05, 4.69) is 174 Å². The molecule has 0 amide bonds. The van der Waals surface area contributed by atoms with E-state index in [0.717, 1.165) is 45.0 Å². The van der Waals surface area contributed by atoms with Gasteiger partial charge in [0.05, 0.1) is 34.9 Å². The molecule has 6 nitrogen and oxygen atoms in total. The fourth-order valence-electron chi connectivity index (χ4n) is 8.62.